The lowest BCUT2D eigenvalue weighted by Crippen LogP contribution is -2.54. The minimum atomic E-state index is -3.66. The Balaban J connectivity index is 1.37. The molecular formula is C24H29NO4S2. The SMILES string of the molecule is COc1ccc(S(=O)(=O)C(CNC(=O)C23CC4CC(CC(C4)C2)C3)c2cccs2)cc1. The quantitative estimate of drug-likeness (QED) is 0.657. The number of nitrogens with one attached hydrogen (secondary N) is 1. The van der Waals surface area contributed by atoms with Crippen LogP contribution in [-0.4, -0.2) is 28.0 Å². The van der Waals surface area contributed by atoms with Crippen LogP contribution in [0, 0.1) is 23.2 Å². The normalized spacial score (nSPS) is 30.2. The van der Waals surface area contributed by atoms with Gasteiger partial charge in [-0.1, -0.05) is 6.07 Å². The largest absolute Gasteiger partial charge is 0.497 e. The van der Waals surface area contributed by atoms with Gasteiger partial charge in [-0.25, -0.2) is 8.42 Å². The molecule has 5 nitrogen and oxygen atoms in total. The number of ether oxygens (including phenoxy) is 1. The fourth-order valence-corrected chi connectivity index (χ4v) is 9.31. The number of carbonyl (C=O) groups excluding carboxylic acids is 1. The van der Waals surface area contributed by atoms with Crippen molar-refractivity contribution in [2.45, 2.75) is 48.7 Å². The third-order valence-electron chi connectivity index (χ3n) is 7.59. The molecule has 4 aliphatic rings. The van der Waals surface area contributed by atoms with E-state index in [-0.39, 0.29) is 22.8 Å². The van der Waals surface area contributed by atoms with Gasteiger partial charge in [-0.15, -0.1) is 11.3 Å². The van der Waals surface area contributed by atoms with Crippen molar-refractivity contribution in [3.8, 4) is 5.75 Å². The van der Waals surface area contributed by atoms with Crippen LogP contribution in [0.25, 0.3) is 0 Å². The molecule has 166 valence electrons. The molecule has 1 N–H and O–H groups in total. The summed E-state index contributed by atoms with van der Waals surface area (Å²) in [5, 5.41) is 4.18. The van der Waals surface area contributed by atoms with E-state index in [0.29, 0.717) is 23.5 Å². The predicted octanol–water partition coefficient (Wildman–Crippen LogP) is 4.60. The van der Waals surface area contributed by atoms with E-state index < -0.39 is 15.1 Å². The second-order valence-corrected chi connectivity index (χ2v) is 12.7. The number of hydrogen-bond acceptors (Lipinski definition) is 5. The van der Waals surface area contributed by atoms with Gasteiger partial charge in [0.1, 0.15) is 11.0 Å². The molecular weight excluding hydrogens is 430 g/mol. The Morgan fingerprint density at radius 3 is 2.23 bits per heavy atom. The van der Waals surface area contributed by atoms with Gasteiger partial charge in [-0.3, -0.25) is 4.79 Å². The molecule has 1 atom stereocenters. The molecule has 1 amide bonds. The zero-order valence-corrected chi connectivity index (χ0v) is 19.4. The van der Waals surface area contributed by atoms with Crippen molar-refractivity contribution < 1.29 is 17.9 Å². The van der Waals surface area contributed by atoms with Crippen LogP contribution in [0.3, 0.4) is 0 Å². The van der Waals surface area contributed by atoms with Gasteiger partial charge >= 0.3 is 0 Å². The summed E-state index contributed by atoms with van der Waals surface area (Å²) in [4.78, 5) is 14.4. The summed E-state index contributed by atoms with van der Waals surface area (Å²) in [5.41, 5.74) is -0.279. The molecule has 4 aliphatic carbocycles. The van der Waals surface area contributed by atoms with Crippen molar-refractivity contribution in [2.24, 2.45) is 23.2 Å². The summed E-state index contributed by atoms with van der Waals surface area (Å²) in [6.45, 7) is 0.107. The minimum absolute atomic E-state index is 0.0677. The van der Waals surface area contributed by atoms with Crippen molar-refractivity contribution in [3.05, 3.63) is 46.7 Å². The second-order valence-electron chi connectivity index (χ2n) is 9.63. The first-order valence-electron chi connectivity index (χ1n) is 11.1. The van der Waals surface area contributed by atoms with Crippen LogP contribution < -0.4 is 10.1 Å². The van der Waals surface area contributed by atoms with Crippen molar-refractivity contribution in [3.63, 3.8) is 0 Å². The van der Waals surface area contributed by atoms with Gasteiger partial charge in [0.2, 0.25) is 5.91 Å². The second kappa shape index (κ2) is 7.93. The van der Waals surface area contributed by atoms with Gasteiger partial charge in [0.15, 0.2) is 9.84 Å². The summed E-state index contributed by atoms with van der Waals surface area (Å²) in [6.07, 6.45) is 6.74. The van der Waals surface area contributed by atoms with Gasteiger partial charge in [0.25, 0.3) is 0 Å². The maximum absolute atomic E-state index is 13.5. The maximum Gasteiger partial charge on any atom is 0.226 e. The molecule has 1 aromatic heterocycles. The summed E-state index contributed by atoms with van der Waals surface area (Å²) < 4.78 is 32.2. The lowest BCUT2D eigenvalue weighted by molar-refractivity contribution is -0.146. The average molecular weight is 460 g/mol. The Bertz CT molecular complexity index is 1010. The zero-order chi connectivity index (χ0) is 21.6. The Morgan fingerprint density at radius 2 is 1.71 bits per heavy atom. The average Bonchev–Trinajstić information content (AvgIpc) is 3.27. The lowest BCUT2D eigenvalue weighted by Gasteiger charge is -2.55. The minimum Gasteiger partial charge on any atom is -0.497 e. The van der Waals surface area contributed by atoms with Gasteiger partial charge in [-0.05, 0) is 92.0 Å². The van der Waals surface area contributed by atoms with Gasteiger partial charge in [0, 0.05) is 16.8 Å². The molecule has 1 aromatic carbocycles. The summed E-state index contributed by atoms with van der Waals surface area (Å²) in [7, 11) is -2.11. The van der Waals surface area contributed by atoms with E-state index in [1.165, 1.54) is 30.6 Å². The Morgan fingerprint density at radius 1 is 1.10 bits per heavy atom. The fourth-order valence-electron chi connectivity index (χ4n) is 6.53. The molecule has 0 radical (unpaired) electrons. The van der Waals surface area contributed by atoms with E-state index in [1.54, 1.807) is 31.4 Å². The number of hydrogen-bond donors (Lipinski definition) is 1. The van der Waals surface area contributed by atoms with E-state index in [0.717, 1.165) is 24.1 Å². The van der Waals surface area contributed by atoms with Crippen LogP contribution >= 0.6 is 11.3 Å². The highest BCUT2D eigenvalue weighted by Gasteiger charge is 2.54. The third kappa shape index (κ3) is 3.80. The van der Waals surface area contributed by atoms with Crippen molar-refractivity contribution in [1.82, 2.24) is 5.32 Å². The molecule has 31 heavy (non-hydrogen) atoms. The van der Waals surface area contributed by atoms with Crippen LogP contribution in [0.1, 0.15) is 48.7 Å². The first-order chi connectivity index (χ1) is 14.9. The van der Waals surface area contributed by atoms with Crippen LogP contribution in [-0.2, 0) is 14.6 Å². The van der Waals surface area contributed by atoms with Gasteiger partial charge in [0.05, 0.1) is 12.0 Å². The standard InChI is InChI=1S/C24H29NO4S2/c1-29-19-4-6-20(7-5-19)31(27,28)22(21-3-2-8-30-21)15-25-23(26)24-12-16-9-17(13-24)11-18(10-16)14-24/h2-8,16-18,22H,9-15H2,1H3,(H,25,26). The van der Waals surface area contributed by atoms with Crippen molar-refractivity contribution in [1.29, 1.82) is 0 Å². The molecule has 7 heteroatoms. The monoisotopic (exact) mass is 459 g/mol. The zero-order valence-electron chi connectivity index (χ0n) is 17.8. The van der Waals surface area contributed by atoms with Gasteiger partial charge in [-0.2, -0.15) is 0 Å². The topological polar surface area (TPSA) is 72.5 Å². The molecule has 0 aliphatic heterocycles. The van der Waals surface area contributed by atoms with E-state index >= 15 is 0 Å². The van der Waals surface area contributed by atoms with E-state index in [4.69, 9.17) is 4.74 Å². The van der Waals surface area contributed by atoms with Crippen molar-refractivity contribution in [2.75, 3.05) is 13.7 Å². The number of thiophene rings is 1. The number of carbonyl (C=O) groups is 1. The van der Waals surface area contributed by atoms with Crippen LogP contribution in [0.4, 0.5) is 0 Å². The van der Waals surface area contributed by atoms with Crippen LogP contribution in [0.15, 0.2) is 46.7 Å². The molecule has 0 saturated heterocycles. The molecule has 1 heterocycles. The number of sulfone groups is 1. The van der Waals surface area contributed by atoms with Crippen molar-refractivity contribution >= 4 is 27.1 Å². The van der Waals surface area contributed by atoms with E-state index in [1.807, 2.05) is 17.5 Å². The lowest BCUT2D eigenvalue weighted by atomic mass is 9.49. The first kappa shape index (κ1) is 21.0. The maximum atomic E-state index is 13.5. The highest BCUT2D eigenvalue weighted by molar-refractivity contribution is 7.91. The molecule has 4 fully saturated rings. The summed E-state index contributed by atoms with van der Waals surface area (Å²) >= 11 is 1.42. The molecule has 4 bridgehead atoms. The molecule has 6 rings (SSSR count). The first-order valence-corrected chi connectivity index (χ1v) is 13.5. The van der Waals surface area contributed by atoms with E-state index in [2.05, 4.69) is 5.32 Å². The van der Waals surface area contributed by atoms with Crippen LogP contribution in [0.5, 0.6) is 5.75 Å². The molecule has 2 aromatic rings. The summed E-state index contributed by atoms with van der Waals surface area (Å²) in [5.74, 6) is 2.70. The highest BCUT2D eigenvalue weighted by Crippen LogP contribution is 2.60. The Hall–Kier alpha value is -1.86. The van der Waals surface area contributed by atoms with Gasteiger partial charge < -0.3 is 10.1 Å². The number of amides is 1. The fraction of sp³-hybridized carbons (Fsp3) is 0.542. The van der Waals surface area contributed by atoms with Crippen LogP contribution in [0.2, 0.25) is 0 Å². The number of rotatable bonds is 7. The number of methoxy groups -OCH3 is 1. The number of benzene rings is 1. The summed E-state index contributed by atoms with van der Waals surface area (Å²) in [6, 6.07) is 10.2. The highest BCUT2D eigenvalue weighted by atomic mass is 32.2. The smallest absolute Gasteiger partial charge is 0.226 e. The molecule has 4 saturated carbocycles. The molecule has 1 unspecified atom stereocenters. The third-order valence-corrected chi connectivity index (χ3v) is 10.8. The predicted molar refractivity (Wildman–Crippen MR) is 121 cm³/mol. The Kier molecular flexibility index (Phi) is 5.37. The van der Waals surface area contributed by atoms with E-state index in [9.17, 15) is 13.2 Å². The Labute approximate surface area is 188 Å². The molecule has 0 spiro atoms.